The van der Waals surface area contributed by atoms with Crippen LogP contribution >= 0.6 is 0 Å². The number of likely N-dealkylation sites (tertiary alicyclic amines) is 1. The summed E-state index contributed by atoms with van der Waals surface area (Å²) in [7, 11) is 3.68. The Morgan fingerprint density at radius 3 is 2.32 bits per heavy atom. The van der Waals surface area contributed by atoms with Gasteiger partial charge < -0.3 is 4.90 Å². The fraction of sp³-hybridized carbons (Fsp3) is 0.562. The third-order valence-electron chi connectivity index (χ3n) is 3.97. The van der Waals surface area contributed by atoms with Crippen LogP contribution in [0.3, 0.4) is 0 Å². The van der Waals surface area contributed by atoms with Crippen molar-refractivity contribution in [3.05, 3.63) is 35.9 Å². The van der Waals surface area contributed by atoms with Crippen molar-refractivity contribution < 1.29 is 4.79 Å². The third kappa shape index (κ3) is 3.35. The summed E-state index contributed by atoms with van der Waals surface area (Å²) in [6.45, 7) is 4.32. The van der Waals surface area contributed by atoms with Crippen molar-refractivity contribution in [3.63, 3.8) is 0 Å². The van der Waals surface area contributed by atoms with Crippen molar-refractivity contribution in [2.45, 2.75) is 25.8 Å². The molecule has 1 fully saturated rings. The Kier molecular flexibility index (Phi) is 4.59. The van der Waals surface area contributed by atoms with Crippen molar-refractivity contribution in [2.24, 2.45) is 5.92 Å². The van der Waals surface area contributed by atoms with Crippen LogP contribution in [0.15, 0.2) is 30.3 Å². The fourth-order valence-electron chi connectivity index (χ4n) is 2.68. The van der Waals surface area contributed by atoms with Crippen LogP contribution in [0.25, 0.3) is 0 Å². The van der Waals surface area contributed by atoms with Crippen LogP contribution in [-0.4, -0.2) is 42.9 Å². The van der Waals surface area contributed by atoms with Crippen LogP contribution in [0.4, 0.5) is 0 Å². The van der Waals surface area contributed by atoms with E-state index in [4.69, 9.17) is 0 Å². The van der Waals surface area contributed by atoms with Gasteiger partial charge in [-0.1, -0.05) is 37.3 Å². The molecule has 1 unspecified atom stereocenters. The Morgan fingerprint density at radius 1 is 1.21 bits per heavy atom. The van der Waals surface area contributed by atoms with Crippen molar-refractivity contribution in [1.29, 1.82) is 0 Å². The molecular weight excluding hydrogens is 236 g/mol. The first kappa shape index (κ1) is 14.1. The van der Waals surface area contributed by atoms with Crippen LogP contribution in [0.2, 0.25) is 0 Å². The number of likely N-dealkylation sites (N-methyl/N-ethyl adjacent to an activating group) is 1. The Bertz CT molecular complexity index is 408. The number of hydrogen-bond acceptors (Lipinski definition) is 2. The van der Waals surface area contributed by atoms with Crippen molar-refractivity contribution in [1.82, 2.24) is 9.80 Å². The fourth-order valence-corrected chi connectivity index (χ4v) is 2.68. The molecule has 0 N–H and O–H groups in total. The first-order chi connectivity index (χ1) is 9.09. The number of benzene rings is 1. The molecule has 104 valence electrons. The lowest BCUT2D eigenvalue weighted by molar-refractivity contribution is -0.135. The van der Waals surface area contributed by atoms with Gasteiger partial charge in [-0.15, -0.1) is 0 Å². The molecule has 2 rings (SSSR count). The van der Waals surface area contributed by atoms with E-state index >= 15 is 0 Å². The van der Waals surface area contributed by atoms with Gasteiger partial charge in [-0.2, -0.15) is 0 Å². The minimum absolute atomic E-state index is 0.122. The number of carbonyl (C=O) groups excluding carboxylic acids is 1. The smallest absolute Gasteiger partial charge is 0.244 e. The van der Waals surface area contributed by atoms with Crippen molar-refractivity contribution in [3.8, 4) is 0 Å². The summed E-state index contributed by atoms with van der Waals surface area (Å²) in [5, 5.41) is 0. The van der Waals surface area contributed by atoms with E-state index < -0.39 is 0 Å². The molecule has 0 aliphatic carbocycles. The molecule has 1 heterocycles. The van der Waals surface area contributed by atoms with E-state index in [0.717, 1.165) is 24.6 Å². The Balaban J connectivity index is 2.22. The van der Waals surface area contributed by atoms with Crippen LogP contribution in [0.5, 0.6) is 0 Å². The molecule has 19 heavy (non-hydrogen) atoms. The van der Waals surface area contributed by atoms with Crippen molar-refractivity contribution >= 4 is 5.91 Å². The van der Waals surface area contributed by atoms with Crippen LogP contribution in [0, 0.1) is 5.92 Å². The Labute approximate surface area is 116 Å². The first-order valence-corrected chi connectivity index (χ1v) is 7.09. The minimum Gasteiger partial charge on any atom is -0.347 e. The highest BCUT2D eigenvalue weighted by atomic mass is 16.2. The minimum atomic E-state index is -0.122. The average Bonchev–Trinajstić information content (AvgIpc) is 2.42. The molecule has 0 aromatic heterocycles. The lowest BCUT2D eigenvalue weighted by Gasteiger charge is -2.37. The molecule has 0 bridgehead atoms. The standard InChI is InChI=1S/C16H24N2O/c1-13-9-11-18(12-10-13)15(16(19)17(2)3)14-7-5-4-6-8-14/h4-8,13,15H,9-12H2,1-3H3. The largest absolute Gasteiger partial charge is 0.347 e. The molecular formula is C16H24N2O. The maximum absolute atomic E-state index is 12.5. The monoisotopic (exact) mass is 260 g/mol. The van der Waals surface area contributed by atoms with Crippen LogP contribution in [-0.2, 0) is 4.79 Å². The molecule has 1 aliphatic rings. The van der Waals surface area contributed by atoms with E-state index in [9.17, 15) is 4.79 Å². The summed E-state index contributed by atoms with van der Waals surface area (Å²) in [5.74, 6) is 0.961. The van der Waals surface area contributed by atoms with Gasteiger partial charge in [0.05, 0.1) is 0 Å². The van der Waals surface area contributed by atoms with E-state index in [-0.39, 0.29) is 11.9 Å². The molecule has 0 radical (unpaired) electrons. The van der Waals surface area contributed by atoms with E-state index in [1.165, 1.54) is 12.8 Å². The lowest BCUT2D eigenvalue weighted by atomic mass is 9.95. The van der Waals surface area contributed by atoms with Gasteiger partial charge in [0.1, 0.15) is 6.04 Å². The zero-order valence-electron chi connectivity index (χ0n) is 12.2. The molecule has 1 amide bonds. The first-order valence-electron chi connectivity index (χ1n) is 7.09. The molecule has 1 saturated heterocycles. The summed E-state index contributed by atoms with van der Waals surface area (Å²) in [6, 6.07) is 10.0. The number of nitrogens with zero attached hydrogens (tertiary/aromatic N) is 2. The zero-order chi connectivity index (χ0) is 13.8. The van der Waals surface area contributed by atoms with Gasteiger partial charge in [-0.3, -0.25) is 9.69 Å². The highest BCUT2D eigenvalue weighted by Gasteiger charge is 2.30. The SMILES string of the molecule is CC1CCN(C(C(=O)N(C)C)c2ccccc2)CC1. The van der Waals surface area contributed by atoms with Gasteiger partial charge in [0.25, 0.3) is 0 Å². The second-order valence-electron chi connectivity index (χ2n) is 5.76. The zero-order valence-corrected chi connectivity index (χ0v) is 12.2. The van der Waals surface area contributed by atoms with Gasteiger partial charge >= 0.3 is 0 Å². The highest BCUT2D eigenvalue weighted by Crippen LogP contribution is 2.27. The molecule has 1 atom stereocenters. The lowest BCUT2D eigenvalue weighted by Crippen LogP contribution is -2.43. The van der Waals surface area contributed by atoms with Gasteiger partial charge in [0, 0.05) is 14.1 Å². The number of carbonyl (C=O) groups is 1. The molecule has 3 heteroatoms. The van der Waals surface area contributed by atoms with E-state index in [2.05, 4.69) is 24.0 Å². The summed E-state index contributed by atoms with van der Waals surface area (Å²) in [5.41, 5.74) is 1.11. The van der Waals surface area contributed by atoms with Crippen molar-refractivity contribution in [2.75, 3.05) is 27.2 Å². The quantitative estimate of drug-likeness (QED) is 0.834. The van der Waals surface area contributed by atoms with Crippen LogP contribution in [0.1, 0.15) is 31.4 Å². The van der Waals surface area contributed by atoms with E-state index in [0.29, 0.717) is 0 Å². The van der Waals surface area contributed by atoms with Gasteiger partial charge in [-0.05, 0) is 37.4 Å². The number of hydrogen-bond donors (Lipinski definition) is 0. The predicted octanol–water partition coefficient (Wildman–Crippen LogP) is 2.55. The highest BCUT2D eigenvalue weighted by molar-refractivity contribution is 5.82. The summed E-state index contributed by atoms with van der Waals surface area (Å²) < 4.78 is 0. The maximum atomic E-state index is 12.5. The molecule has 1 aromatic carbocycles. The van der Waals surface area contributed by atoms with Gasteiger partial charge in [-0.25, -0.2) is 0 Å². The average molecular weight is 260 g/mol. The molecule has 0 spiro atoms. The Morgan fingerprint density at radius 2 is 1.79 bits per heavy atom. The number of rotatable bonds is 3. The van der Waals surface area contributed by atoms with Crippen LogP contribution < -0.4 is 0 Å². The normalized spacial score (nSPS) is 19.1. The molecule has 0 saturated carbocycles. The number of piperidine rings is 1. The topological polar surface area (TPSA) is 23.6 Å². The van der Waals surface area contributed by atoms with E-state index in [1.807, 2.05) is 32.3 Å². The molecule has 3 nitrogen and oxygen atoms in total. The summed E-state index contributed by atoms with van der Waals surface area (Å²) in [4.78, 5) is 16.5. The van der Waals surface area contributed by atoms with Gasteiger partial charge in [0.2, 0.25) is 5.91 Å². The number of amides is 1. The third-order valence-corrected chi connectivity index (χ3v) is 3.97. The molecule has 1 aliphatic heterocycles. The summed E-state index contributed by atoms with van der Waals surface area (Å²) >= 11 is 0. The van der Waals surface area contributed by atoms with Gasteiger partial charge in [0.15, 0.2) is 0 Å². The second kappa shape index (κ2) is 6.20. The second-order valence-corrected chi connectivity index (χ2v) is 5.76. The summed E-state index contributed by atoms with van der Waals surface area (Å²) in [6.07, 6.45) is 2.37. The Hall–Kier alpha value is -1.35. The maximum Gasteiger partial charge on any atom is 0.244 e. The molecule has 1 aromatic rings. The van der Waals surface area contributed by atoms with E-state index in [1.54, 1.807) is 4.90 Å². The predicted molar refractivity (Wildman–Crippen MR) is 77.8 cm³/mol.